The molecular weight excluding hydrogens is 264 g/mol. The molecule has 1 aliphatic heterocycles. The van der Waals surface area contributed by atoms with Gasteiger partial charge >= 0.3 is 0 Å². The van der Waals surface area contributed by atoms with Crippen LogP contribution in [0.5, 0.6) is 11.5 Å². The second-order valence-electron chi connectivity index (χ2n) is 3.98. The quantitative estimate of drug-likeness (QED) is 0.815. The molecule has 4 heteroatoms. The van der Waals surface area contributed by atoms with E-state index in [4.69, 9.17) is 25.8 Å². The lowest BCUT2D eigenvalue weighted by atomic mass is 10.2. The average Bonchev–Trinajstić information content (AvgIpc) is 2.96. The number of halogens is 1. The molecule has 0 unspecified atom stereocenters. The Kier molecular flexibility index (Phi) is 3.29. The molecule has 0 atom stereocenters. The molecule has 0 amide bonds. The Balaban J connectivity index is 1.82. The zero-order chi connectivity index (χ0) is 13.1. The van der Waals surface area contributed by atoms with E-state index < -0.39 is 6.29 Å². The van der Waals surface area contributed by atoms with E-state index in [1.165, 1.54) is 12.5 Å². The average molecular weight is 275 g/mol. The van der Waals surface area contributed by atoms with Gasteiger partial charge in [-0.1, -0.05) is 35.9 Å². The Bertz CT molecular complexity index is 602. The molecule has 0 radical (unpaired) electrons. The predicted molar refractivity (Wildman–Crippen MR) is 72.0 cm³/mol. The topological polar surface area (TPSA) is 27.7 Å². The predicted octanol–water partition coefficient (Wildman–Crippen LogP) is 4.65. The van der Waals surface area contributed by atoms with E-state index in [2.05, 4.69) is 0 Å². The highest BCUT2D eigenvalue weighted by Crippen LogP contribution is 2.31. The highest BCUT2D eigenvalue weighted by atomic mass is 35.5. The van der Waals surface area contributed by atoms with Gasteiger partial charge in [0.2, 0.25) is 0 Å². The van der Waals surface area contributed by atoms with Crippen LogP contribution in [0.15, 0.2) is 61.1 Å². The molecule has 1 heterocycles. The molecule has 0 spiro atoms. The number of rotatable bonds is 3. The van der Waals surface area contributed by atoms with Crippen molar-refractivity contribution in [2.75, 3.05) is 0 Å². The monoisotopic (exact) mass is 274 g/mol. The highest BCUT2D eigenvalue weighted by molar-refractivity contribution is 6.32. The minimum atomic E-state index is -0.408. The van der Waals surface area contributed by atoms with Crippen LogP contribution in [0, 0.1) is 0 Å². The van der Waals surface area contributed by atoms with Crippen LogP contribution in [-0.4, -0.2) is 0 Å². The summed E-state index contributed by atoms with van der Waals surface area (Å²) >= 11 is 6.06. The molecule has 0 saturated heterocycles. The fraction of sp³-hybridized carbons (Fsp3) is 0.0667. The number of hydrogen-bond donors (Lipinski definition) is 0. The van der Waals surface area contributed by atoms with Gasteiger partial charge in [0.15, 0.2) is 0 Å². The first-order valence-corrected chi connectivity index (χ1v) is 6.19. The Morgan fingerprint density at radius 3 is 2.53 bits per heavy atom. The van der Waals surface area contributed by atoms with Crippen LogP contribution in [0.4, 0.5) is 0 Å². The van der Waals surface area contributed by atoms with E-state index in [1.54, 1.807) is 6.07 Å². The van der Waals surface area contributed by atoms with Crippen LogP contribution < -0.4 is 4.74 Å². The summed E-state index contributed by atoms with van der Waals surface area (Å²) < 4.78 is 16.3. The fourth-order valence-electron chi connectivity index (χ4n) is 1.78. The second-order valence-corrected chi connectivity index (χ2v) is 4.39. The largest absolute Gasteiger partial charge is 0.456 e. The van der Waals surface area contributed by atoms with E-state index in [0.29, 0.717) is 16.5 Å². The maximum Gasteiger partial charge on any atom is 0.266 e. The molecule has 0 bridgehead atoms. The SMILES string of the molecule is Clc1ccccc1Oc1cccc(C2OC=CO2)c1. The lowest BCUT2D eigenvalue weighted by molar-refractivity contribution is -0.0247. The van der Waals surface area contributed by atoms with Gasteiger partial charge in [-0.05, 0) is 24.3 Å². The molecule has 0 N–H and O–H groups in total. The van der Waals surface area contributed by atoms with Crippen LogP contribution >= 0.6 is 11.6 Å². The zero-order valence-electron chi connectivity index (χ0n) is 9.95. The minimum Gasteiger partial charge on any atom is -0.456 e. The maximum absolute atomic E-state index is 6.06. The zero-order valence-corrected chi connectivity index (χ0v) is 10.7. The van der Waals surface area contributed by atoms with Gasteiger partial charge in [0, 0.05) is 5.56 Å². The minimum absolute atomic E-state index is 0.408. The summed E-state index contributed by atoms with van der Waals surface area (Å²) in [5.74, 6) is 1.30. The third-order valence-electron chi connectivity index (χ3n) is 2.65. The Morgan fingerprint density at radius 2 is 1.74 bits per heavy atom. The van der Waals surface area contributed by atoms with Gasteiger partial charge in [-0.15, -0.1) is 0 Å². The first-order chi connectivity index (χ1) is 9.33. The summed E-state index contributed by atoms with van der Waals surface area (Å²) in [6, 6.07) is 14.8. The van der Waals surface area contributed by atoms with E-state index in [-0.39, 0.29) is 0 Å². The summed E-state index contributed by atoms with van der Waals surface area (Å²) in [6.45, 7) is 0. The van der Waals surface area contributed by atoms with E-state index in [0.717, 1.165) is 5.56 Å². The van der Waals surface area contributed by atoms with Crippen LogP contribution in [0.25, 0.3) is 0 Å². The van der Waals surface area contributed by atoms with E-state index in [9.17, 15) is 0 Å². The summed E-state index contributed by atoms with van der Waals surface area (Å²) in [6.07, 6.45) is 2.63. The summed E-state index contributed by atoms with van der Waals surface area (Å²) in [7, 11) is 0. The van der Waals surface area contributed by atoms with Crippen molar-refractivity contribution in [1.82, 2.24) is 0 Å². The number of hydrogen-bond acceptors (Lipinski definition) is 3. The smallest absolute Gasteiger partial charge is 0.266 e. The molecule has 3 nitrogen and oxygen atoms in total. The van der Waals surface area contributed by atoms with Crippen molar-refractivity contribution in [1.29, 1.82) is 0 Å². The molecule has 1 aliphatic rings. The fourth-order valence-corrected chi connectivity index (χ4v) is 1.95. The Morgan fingerprint density at radius 1 is 0.947 bits per heavy atom. The van der Waals surface area contributed by atoms with Crippen LogP contribution in [0.2, 0.25) is 5.02 Å². The Hall–Kier alpha value is -2.13. The molecule has 3 rings (SSSR count). The third-order valence-corrected chi connectivity index (χ3v) is 2.97. The first kappa shape index (κ1) is 11.9. The first-order valence-electron chi connectivity index (χ1n) is 5.81. The maximum atomic E-state index is 6.06. The normalized spacial score (nSPS) is 13.9. The summed E-state index contributed by atoms with van der Waals surface area (Å²) in [4.78, 5) is 0. The molecule has 0 fully saturated rings. The molecule has 2 aromatic rings. The molecular formula is C15H11ClO3. The Labute approximate surface area is 116 Å². The van der Waals surface area contributed by atoms with Crippen molar-refractivity contribution in [2.45, 2.75) is 6.29 Å². The highest BCUT2D eigenvalue weighted by Gasteiger charge is 2.16. The van der Waals surface area contributed by atoms with Crippen molar-refractivity contribution in [3.63, 3.8) is 0 Å². The van der Waals surface area contributed by atoms with Gasteiger partial charge in [0.05, 0.1) is 5.02 Å². The molecule has 2 aromatic carbocycles. The van der Waals surface area contributed by atoms with Crippen molar-refractivity contribution in [2.24, 2.45) is 0 Å². The molecule has 19 heavy (non-hydrogen) atoms. The van der Waals surface area contributed by atoms with E-state index >= 15 is 0 Å². The van der Waals surface area contributed by atoms with Crippen molar-refractivity contribution < 1.29 is 14.2 Å². The number of ether oxygens (including phenoxy) is 3. The second kappa shape index (κ2) is 5.24. The summed E-state index contributed by atoms with van der Waals surface area (Å²) in [5, 5.41) is 0.572. The van der Waals surface area contributed by atoms with Gasteiger partial charge in [-0.25, -0.2) is 0 Å². The van der Waals surface area contributed by atoms with Gasteiger partial charge in [-0.2, -0.15) is 0 Å². The lowest BCUT2D eigenvalue weighted by Gasteiger charge is -2.12. The van der Waals surface area contributed by atoms with Crippen molar-refractivity contribution in [3.05, 3.63) is 71.6 Å². The molecule has 0 aromatic heterocycles. The molecule has 0 aliphatic carbocycles. The molecule has 96 valence electrons. The number of para-hydroxylation sites is 1. The van der Waals surface area contributed by atoms with Crippen LogP contribution in [-0.2, 0) is 9.47 Å². The standard InChI is InChI=1S/C15H11ClO3/c16-13-6-1-2-7-14(13)19-12-5-3-4-11(10-12)15-17-8-9-18-15/h1-10,15H. The third kappa shape index (κ3) is 2.66. The van der Waals surface area contributed by atoms with Gasteiger partial charge in [-0.3, -0.25) is 0 Å². The number of benzene rings is 2. The van der Waals surface area contributed by atoms with Gasteiger partial charge in [0.25, 0.3) is 6.29 Å². The van der Waals surface area contributed by atoms with Gasteiger partial charge < -0.3 is 14.2 Å². The van der Waals surface area contributed by atoms with Crippen molar-refractivity contribution in [3.8, 4) is 11.5 Å². The molecule has 0 saturated carbocycles. The summed E-state index contributed by atoms with van der Waals surface area (Å²) in [5.41, 5.74) is 0.884. The van der Waals surface area contributed by atoms with Crippen LogP contribution in [0.1, 0.15) is 11.9 Å². The lowest BCUT2D eigenvalue weighted by Crippen LogP contribution is -1.97. The van der Waals surface area contributed by atoms with Crippen LogP contribution in [0.3, 0.4) is 0 Å². The van der Waals surface area contributed by atoms with Crippen molar-refractivity contribution >= 4 is 11.6 Å². The van der Waals surface area contributed by atoms with Gasteiger partial charge in [0.1, 0.15) is 24.0 Å². The van der Waals surface area contributed by atoms with E-state index in [1.807, 2.05) is 42.5 Å².